The number of carbonyl (C=O) groups is 2. The smallest absolute Gasteiger partial charge is 0.261 e. The number of unbranched alkanes of at least 4 members (excludes halogenated alkanes) is 1. The number of aromatic nitrogens is 2. The van der Waals surface area contributed by atoms with Gasteiger partial charge in [-0.2, -0.15) is 0 Å². The van der Waals surface area contributed by atoms with Gasteiger partial charge in [0.05, 0.1) is 11.1 Å². The van der Waals surface area contributed by atoms with Crippen LogP contribution in [0.3, 0.4) is 0 Å². The minimum absolute atomic E-state index is 0.187. The molecule has 25 heavy (non-hydrogen) atoms. The van der Waals surface area contributed by atoms with E-state index in [1.165, 1.54) is 4.90 Å². The van der Waals surface area contributed by atoms with Gasteiger partial charge >= 0.3 is 0 Å². The third-order valence-electron chi connectivity index (χ3n) is 4.34. The van der Waals surface area contributed by atoms with Gasteiger partial charge in [0.2, 0.25) is 5.95 Å². The Kier molecular flexibility index (Phi) is 5.07. The number of imide groups is 1. The SMILES string of the molecule is CC(C)N(CCCCN1C(=O)c2ccccc2C1=O)c1ncccn1. The molecule has 2 amide bonds. The van der Waals surface area contributed by atoms with Crippen LogP contribution in [-0.4, -0.2) is 45.8 Å². The van der Waals surface area contributed by atoms with Gasteiger partial charge in [-0.3, -0.25) is 14.5 Å². The predicted molar refractivity (Wildman–Crippen MR) is 95.6 cm³/mol. The fourth-order valence-corrected chi connectivity index (χ4v) is 3.02. The second-order valence-corrected chi connectivity index (χ2v) is 6.35. The van der Waals surface area contributed by atoms with Gasteiger partial charge in [0, 0.05) is 31.5 Å². The first-order valence-electron chi connectivity index (χ1n) is 8.58. The molecule has 0 spiro atoms. The predicted octanol–water partition coefficient (Wildman–Crippen LogP) is 2.77. The van der Waals surface area contributed by atoms with E-state index in [0.29, 0.717) is 23.6 Å². The molecule has 0 fully saturated rings. The number of hydrogen-bond donors (Lipinski definition) is 0. The number of benzene rings is 1. The average Bonchev–Trinajstić information content (AvgIpc) is 2.87. The Hall–Kier alpha value is -2.76. The van der Waals surface area contributed by atoms with Crippen LogP contribution in [0.5, 0.6) is 0 Å². The topological polar surface area (TPSA) is 66.4 Å². The number of carbonyl (C=O) groups excluding carboxylic acids is 2. The van der Waals surface area contributed by atoms with Crippen molar-refractivity contribution < 1.29 is 9.59 Å². The lowest BCUT2D eigenvalue weighted by Gasteiger charge is -2.26. The van der Waals surface area contributed by atoms with Crippen LogP contribution in [0.4, 0.5) is 5.95 Å². The van der Waals surface area contributed by atoms with Gasteiger partial charge in [-0.05, 0) is 44.9 Å². The third kappa shape index (κ3) is 3.52. The monoisotopic (exact) mass is 338 g/mol. The zero-order valence-electron chi connectivity index (χ0n) is 14.6. The van der Waals surface area contributed by atoms with E-state index < -0.39 is 0 Å². The Bertz CT molecular complexity index is 726. The van der Waals surface area contributed by atoms with Crippen molar-refractivity contribution in [1.29, 1.82) is 0 Å². The fourth-order valence-electron chi connectivity index (χ4n) is 3.02. The molecule has 6 heteroatoms. The molecule has 0 aliphatic carbocycles. The molecular formula is C19H22N4O2. The number of amides is 2. The Morgan fingerprint density at radius 3 is 2.12 bits per heavy atom. The van der Waals surface area contributed by atoms with Gasteiger partial charge in [-0.1, -0.05) is 12.1 Å². The molecule has 0 atom stereocenters. The summed E-state index contributed by atoms with van der Waals surface area (Å²) in [6.07, 6.45) is 5.07. The van der Waals surface area contributed by atoms with Gasteiger partial charge in [0.25, 0.3) is 11.8 Å². The van der Waals surface area contributed by atoms with Crippen molar-refractivity contribution in [2.24, 2.45) is 0 Å². The van der Waals surface area contributed by atoms with Gasteiger partial charge in [-0.15, -0.1) is 0 Å². The summed E-state index contributed by atoms with van der Waals surface area (Å²) in [5.74, 6) is 0.332. The second kappa shape index (κ2) is 7.42. The quantitative estimate of drug-likeness (QED) is 0.574. The molecule has 1 aliphatic rings. The molecule has 0 radical (unpaired) electrons. The highest BCUT2D eigenvalue weighted by Crippen LogP contribution is 2.22. The maximum absolute atomic E-state index is 12.3. The zero-order valence-corrected chi connectivity index (χ0v) is 14.6. The van der Waals surface area contributed by atoms with Crippen LogP contribution in [0, 0.1) is 0 Å². The largest absolute Gasteiger partial charge is 0.338 e. The molecule has 6 nitrogen and oxygen atoms in total. The molecule has 1 aromatic carbocycles. The molecule has 0 saturated carbocycles. The lowest BCUT2D eigenvalue weighted by molar-refractivity contribution is 0.0652. The standard InChI is InChI=1S/C19H22N4O2/c1-14(2)22(19-20-10-7-11-21-19)12-5-6-13-23-17(24)15-8-3-4-9-16(15)18(23)25/h3-4,7-11,14H,5-6,12-13H2,1-2H3. The Labute approximate surface area is 147 Å². The minimum atomic E-state index is -0.187. The molecule has 2 heterocycles. The molecular weight excluding hydrogens is 316 g/mol. The highest BCUT2D eigenvalue weighted by molar-refractivity contribution is 6.21. The highest BCUT2D eigenvalue weighted by atomic mass is 16.2. The van der Waals surface area contributed by atoms with Gasteiger partial charge in [0.1, 0.15) is 0 Å². The van der Waals surface area contributed by atoms with Crippen molar-refractivity contribution in [3.63, 3.8) is 0 Å². The van der Waals surface area contributed by atoms with Crippen LogP contribution in [0.2, 0.25) is 0 Å². The van der Waals surface area contributed by atoms with E-state index in [4.69, 9.17) is 0 Å². The summed E-state index contributed by atoms with van der Waals surface area (Å²) >= 11 is 0. The van der Waals surface area contributed by atoms with Crippen LogP contribution in [0.25, 0.3) is 0 Å². The first kappa shape index (κ1) is 17.1. The van der Waals surface area contributed by atoms with Crippen LogP contribution < -0.4 is 4.90 Å². The summed E-state index contributed by atoms with van der Waals surface area (Å²) in [6, 6.07) is 9.07. The van der Waals surface area contributed by atoms with E-state index in [1.807, 2.05) is 0 Å². The Morgan fingerprint density at radius 1 is 0.960 bits per heavy atom. The number of nitrogens with zero attached hydrogens (tertiary/aromatic N) is 4. The molecule has 0 bridgehead atoms. The lowest BCUT2D eigenvalue weighted by Crippen LogP contribution is -2.34. The lowest BCUT2D eigenvalue weighted by atomic mass is 10.1. The molecule has 1 aromatic heterocycles. The van der Waals surface area contributed by atoms with Crippen molar-refractivity contribution in [3.8, 4) is 0 Å². The van der Waals surface area contributed by atoms with E-state index in [9.17, 15) is 9.59 Å². The van der Waals surface area contributed by atoms with Gasteiger partial charge in [-0.25, -0.2) is 9.97 Å². The summed E-state index contributed by atoms with van der Waals surface area (Å²) in [7, 11) is 0. The van der Waals surface area contributed by atoms with E-state index >= 15 is 0 Å². The van der Waals surface area contributed by atoms with Crippen LogP contribution in [-0.2, 0) is 0 Å². The maximum atomic E-state index is 12.3. The van der Waals surface area contributed by atoms with Crippen molar-refractivity contribution in [3.05, 3.63) is 53.9 Å². The molecule has 0 unspecified atom stereocenters. The number of hydrogen-bond acceptors (Lipinski definition) is 5. The molecule has 0 saturated heterocycles. The Balaban J connectivity index is 1.55. The van der Waals surface area contributed by atoms with E-state index in [2.05, 4.69) is 28.7 Å². The van der Waals surface area contributed by atoms with E-state index in [0.717, 1.165) is 19.4 Å². The number of fused-ring (bicyclic) bond motifs is 1. The first-order chi connectivity index (χ1) is 12.1. The van der Waals surface area contributed by atoms with E-state index in [-0.39, 0.29) is 17.9 Å². The Morgan fingerprint density at radius 2 is 1.56 bits per heavy atom. The third-order valence-corrected chi connectivity index (χ3v) is 4.34. The van der Waals surface area contributed by atoms with Crippen molar-refractivity contribution in [1.82, 2.24) is 14.9 Å². The fraction of sp³-hybridized carbons (Fsp3) is 0.368. The maximum Gasteiger partial charge on any atom is 0.261 e. The summed E-state index contributed by atoms with van der Waals surface area (Å²) in [6.45, 7) is 5.42. The summed E-state index contributed by atoms with van der Waals surface area (Å²) < 4.78 is 0. The normalized spacial score (nSPS) is 13.5. The van der Waals surface area contributed by atoms with E-state index in [1.54, 1.807) is 42.7 Å². The first-order valence-corrected chi connectivity index (χ1v) is 8.58. The molecule has 1 aliphatic heterocycles. The zero-order chi connectivity index (χ0) is 17.8. The molecule has 130 valence electrons. The number of rotatable bonds is 7. The van der Waals surface area contributed by atoms with Crippen LogP contribution in [0.1, 0.15) is 47.4 Å². The highest BCUT2D eigenvalue weighted by Gasteiger charge is 2.34. The minimum Gasteiger partial charge on any atom is -0.338 e. The van der Waals surface area contributed by atoms with Crippen molar-refractivity contribution in [2.75, 3.05) is 18.0 Å². The summed E-state index contributed by atoms with van der Waals surface area (Å²) in [5, 5.41) is 0. The summed E-state index contributed by atoms with van der Waals surface area (Å²) in [4.78, 5) is 36.8. The van der Waals surface area contributed by atoms with Gasteiger partial charge in [0.15, 0.2) is 0 Å². The second-order valence-electron chi connectivity index (χ2n) is 6.35. The number of anilines is 1. The van der Waals surface area contributed by atoms with Crippen molar-refractivity contribution >= 4 is 17.8 Å². The average molecular weight is 338 g/mol. The van der Waals surface area contributed by atoms with Crippen LogP contribution in [0.15, 0.2) is 42.7 Å². The van der Waals surface area contributed by atoms with Crippen LogP contribution >= 0.6 is 0 Å². The summed E-state index contributed by atoms with van der Waals surface area (Å²) in [5.41, 5.74) is 1.02. The van der Waals surface area contributed by atoms with Crippen molar-refractivity contribution in [2.45, 2.75) is 32.7 Å². The van der Waals surface area contributed by atoms with Gasteiger partial charge < -0.3 is 4.90 Å². The molecule has 0 N–H and O–H groups in total. The molecule has 3 rings (SSSR count). The molecule has 2 aromatic rings.